The van der Waals surface area contributed by atoms with Crippen LogP contribution in [-0.4, -0.2) is 54.8 Å². The number of carbonyl (C=O) groups is 2. The second kappa shape index (κ2) is 11.3. The Balaban J connectivity index is 1.35. The van der Waals surface area contributed by atoms with Gasteiger partial charge in [-0.05, 0) is 95.9 Å². The van der Waals surface area contributed by atoms with Crippen LogP contribution in [0.3, 0.4) is 0 Å². The Morgan fingerprint density at radius 2 is 1.83 bits per heavy atom. The molecule has 6 heteroatoms. The molecule has 1 amide bonds. The SMILES string of the molecule is CC(C)(C)OC(=O)NCCCCc1cccc(C2(C(=O)OC3CN4CCC3CC4)CCCCC2)c1. The first-order valence-electron chi connectivity index (χ1n) is 13.7. The molecular weight excluding hydrogens is 440 g/mol. The zero-order chi connectivity index (χ0) is 24.9. The minimum Gasteiger partial charge on any atom is -0.460 e. The maximum atomic E-state index is 13.7. The molecule has 1 atom stereocenters. The second-order valence-electron chi connectivity index (χ2n) is 11.8. The molecule has 1 aromatic rings. The number of unbranched alkanes of at least 4 members (excludes halogenated alkanes) is 1. The Morgan fingerprint density at radius 3 is 2.49 bits per heavy atom. The normalized spacial score (nSPS) is 25.6. The summed E-state index contributed by atoms with van der Waals surface area (Å²) in [6.07, 6.45) is 9.91. The number of aryl methyl sites for hydroxylation is 1. The van der Waals surface area contributed by atoms with Crippen LogP contribution in [0.25, 0.3) is 0 Å². The molecule has 1 saturated carbocycles. The Kier molecular flexibility index (Phi) is 8.41. The van der Waals surface area contributed by atoms with Gasteiger partial charge in [0, 0.05) is 13.1 Å². The summed E-state index contributed by atoms with van der Waals surface area (Å²) >= 11 is 0. The van der Waals surface area contributed by atoms with E-state index in [1.807, 2.05) is 20.8 Å². The fraction of sp³-hybridized carbons (Fsp3) is 0.724. The lowest BCUT2D eigenvalue weighted by Crippen LogP contribution is -2.53. The standard InChI is InChI=1S/C29H44N2O4/c1-28(2,3)35-27(33)30-17-8-5-10-22-11-9-12-24(20-22)29(15-6-4-7-16-29)26(32)34-25-21-31-18-13-23(25)14-19-31/h9,11-12,20,23,25H,4-8,10,13-19,21H2,1-3H3,(H,30,33). The van der Waals surface area contributed by atoms with Crippen molar-refractivity contribution in [3.8, 4) is 0 Å². The van der Waals surface area contributed by atoms with Gasteiger partial charge >= 0.3 is 12.1 Å². The molecular formula is C29H44N2O4. The Morgan fingerprint density at radius 1 is 1.09 bits per heavy atom. The molecule has 1 aliphatic carbocycles. The van der Waals surface area contributed by atoms with Crippen LogP contribution in [0.1, 0.15) is 89.7 Å². The van der Waals surface area contributed by atoms with Crippen LogP contribution in [-0.2, 0) is 26.1 Å². The number of amides is 1. The number of carbonyl (C=O) groups excluding carboxylic acids is 2. The average molecular weight is 485 g/mol. The van der Waals surface area contributed by atoms with Crippen molar-refractivity contribution in [1.29, 1.82) is 0 Å². The van der Waals surface area contributed by atoms with E-state index in [1.165, 1.54) is 12.0 Å². The number of esters is 1. The second-order valence-corrected chi connectivity index (χ2v) is 11.8. The van der Waals surface area contributed by atoms with E-state index in [0.29, 0.717) is 12.5 Å². The molecule has 1 N–H and O–H groups in total. The first kappa shape index (κ1) is 26.0. The van der Waals surface area contributed by atoms with Crippen LogP contribution in [0, 0.1) is 5.92 Å². The third-order valence-electron chi connectivity index (χ3n) is 7.99. The van der Waals surface area contributed by atoms with Crippen LogP contribution in [0.4, 0.5) is 4.79 Å². The van der Waals surface area contributed by atoms with E-state index in [2.05, 4.69) is 34.5 Å². The highest BCUT2D eigenvalue weighted by molar-refractivity contribution is 5.83. The number of hydrogen-bond donors (Lipinski definition) is 1. The van der Waals surface area contributed by atoms with Gasteiger partial charge in [0.2, 0.25) is 0 Å². The van der Waals surface area contributed by atoms with Crippen LogP contribution >= 0.6 is 0 Å². The molecule has 1 unspecified atom stereocenters. The fourth-order valence-electron chi connectivity index (χ4n) is 6.04. The lowest BCUT2D eigenvalue weighted by molar-refractivity contribution is -0.167. The van der Waals surface area contributed by atoms with E-state index in [-0.39, 0.29) is 18.2 Å². The fourth-order valence-corrected chi connectivity index (χ4v) is 6.04. The third-order valence-corrected chi connectivity index (χ3v) is 7.99. The highest BCUT2D eigenvalue weighted by Crippen LogP contribution is 2.42. The predicted molar refractivity (Wildman–Crippen MR) is 137 cm³/mol. The summed E-state index contributed by atoms with van der Waals surface area (Å²) in [4.78, 5) is 28.0. The van der Waals surface area contributed by atoms with Crippen molar-refractivity contribution in [1.82, 2.24) is 10.2 Å². The van der Waals surface area contributed by atoms with E-state index >= 15 is 0 Å². The molecule has 2 bridgehead atoms. The monoisotopic (exact) mass is 484 g/mol. The summed E-state index contributed by atoms with van der Waals surface area (Å²) in [5.41, 5.74) is 1.40. The molecule has 3 aliphatic heterocycles. The maximum Gasteiger partial charge on any atom is 0.407 e. The van der Waals surface area contributed by atoms with Crippen LogP contribution in [0.2, 0.25) is 0 Å². The maximum absolute atomic E-state index is 13.7. The summed E-state index contributed by atoms with van der Waals surface area (Å²) in [5.74, 6) is 0.542. The number of hydrogen-bond acceptors (Lipinski definition) is 5. The Bertz CT molecular complexity index is 864. The van der Waals surface area contributed by atoms with E-state index < -0.39 is 11.0 Å². The van der Waals surface area contributed by atoms with Crippen LogP contribution < -0.4 is 5.32 Å². The molecule has 194 valence electrons. The highest BCUT2D eigenvalue weighted by Gasteiger charge is 2.45. The molecule has 0 aromatic heterocycles. The van der Waals surface area contributed by atoms with Crippen molar-refractivity contribution in [3.05, 3.63) is 35.4 Å². The summed E-state index contributed by atoms with van der Waals surface area (Å²) < 4.78 is 11.6. The van der Waals surface area contributed by atoms with E-state index in [0.717, 1.165) is 83.0 Å². The van der Waals surface area contributed by atoms with Gasteiger partial charge in [0.25, 0.3) is 0 Å². The molecule has 0 radical (unpaired) electrons. The molecule has 0 spiro atoms. The van der Waals surface area contributed by atoms with Gasteiger partial charge in [0.15, 0.2) is 0 Å². The van der Waals surface area contributed by atoms with Gasteiger partial charge in [0.1, 0.15) is 11.7 Å². The number of alkyl carbamates (subject to hydrolysis) is 1. The number of fused-ring (bicyclic) bond motifs is 3. The smallest absolute Gasteiger partial charge is 0.407 e. The average Bonchev–Trinajstić information content (AvgIpc) is 2.84. The third kappa shape index (κ3) is 6.78. The first-order chi connectivity index (χ1) is 16.7. The van der Waals surface area contributed by atoms with Gasteiger partial charge in [-0.2, -0.15) is 0 Å². The van der Waals surface area contributed by atoms with Gasteiger partial charge in [-0.15, -0.1) is 0 Å². The number of ether oxygens (including phenoxy) is 2. The molecule has 5 rings (SSSR count). The first-order valence-corrected chi connectivity index (χ1v) is 13.7. The minimum absolute atomic E-state index is 0.00895. The van der Waals surface area contributed by atoms with Crippen LogP contribution in [0.15, 0.2) is 24.3 Å². The molecule has 1 aromatic carbocycles. The predicted octanol–water partition coefficient (Wildman–Crippen LogP) is 5.37. The largest absolute Gasteiger partial charge is 0.460 e. The number of nitrogens with zero attached hydrogens (tertiary/aromatic N) is 1. The number of rotatable bonds is 8. The minimum atomic E-state index is -0.501. The summed E-state index contributed by atoms with van der Waals surface area (Å²) in [6.45, 7) is 9.41. The van der Waals surface area contributed by atoms with Gasteiger partial charge in [-0.1, -0.05) is 43.5 Å². The summed E-state index contributed by atoms with van der Waals surface area (Å²) in [7, 11) is 0. The molecule has 4 aliphatic rings. The quantitative estimate of drug-likeness (QED) is 0.397. The molecule has 4 fully saturated rings. The van der Waals surface area contributed by atoms with Crippen LogP contribution in [0.5, 0.6) is 0 Å². The zero-order valence-electron chi connectivity index (χ0n) is 21.9. The van der Waals surface area contributed by atoms with Crippen molar-refractivity contribution in [3.63, 3.8) is 0 Å². The lowest BCUT2D eigenvalue weighted by Gasteiger charge is -2.45. The van der Waals surface area contributed by atoms with Crippen molar-refractivity contribution in [2.75, 3.05) is 26.2 Å². The Hall–Kier alpha value is -2.08. The molecule has 3 saturated heterocycles. The molecule has 35 heavy (non-hydrogen) atoms. The van der Waals surface area contributed by atoms with Crippen molar-refractivity contribution in [2.24, 2.45) is 5.92 Å². The number of benzene rings is 1. The number of nitrogens with one attached hydrogen (secondary N) is 1. The van der Waals surface area contributed by atoms with Gasteiger partial charge < -0.3 is 14.8 Å². The summed E-state index contributed by atoms with van der Waals surface area (Å²) in [5, 5.41) is 2.83. The molecule has 6 nitrogen and oxygen atoms in total. The van der Waals surface area contributed by atoms with Gasteiger partial charge in [-0.25, -0.2) is 4.79 Å². The lowest BCUT2D eigenvalue weighted by atomic mass is 9.69. The van der Waals surface area contributed by atoms with Crippen molar-refractivity contribution < 1.29 is 19.1 Å². The summed E-state index contributed by atoms with van der Waals surface area (Å²) in [6, 6.07) is 8.63. The number of piperidine rings is 3. The van der Waals surface area contributed by atoms with E-state index in [1.54, 1.807) is 0 Å². The zero-order valence-corrected chi connectivity index (χ0v) is 21.9. The van der Waals surface area contributed by atoms with Crippen molar-refractivity contribution in [2.45, 2.75) is 102 Å². The van der Waals surface area contributed by atoms with Gasteiger partial charge in [-0.3, -0.25) is 9.69 Å². The Labute approximate surface area is 211 Å². The van der Waals surface area contributed by atoms with E-state index in [9.17, 15) is 9.59 Å². The topological polar surface area (TPSA) is 67.9 Å². The highest BCUT2D eigenvalue weighted by atomic mass is 16.6. The van der Waals surface area contributed by atoms with Crippen molar-refractivity contribution >= 4 is 12.1 Å². The van der Waals surface area contributed by atoms with Gasteiger partial charge in [0.05, 0.1) is 5.41 Å². The molecule has 3 heterocycles. The van der Waals surface area contributed by atoms with E-state index in [4.69, 9.17) is 9.47 Å².